The van der Waals surface area contributed by atoms with Gasteiger partial charge in [0.1, 0.15) is 12.1 Å². The number of piperidine rings is 1. The van der Waals surface area contributed by atoms with Gasteiger partial charge in [0.05, 0.1) is 0 Å². The van der Waals surface area contributed by atoms with Crippen LogP contribution in [0.2, 0.25) is 0 Å². The van der Waals surface area contributed by atoms with E-state index in [2.05, 4.69) is 0 Å². The molecule has 0 radical (unpaired) electrons. The summed E-state index contributed by atoms with van der Waals surface area (Å²) in [5, 5.41) is 11.3. The van der Waals surface area contributed by atoms with Gasteiger partial charge in [-0.3, -0.25) is 9.59 Å². The lowest BCUT2D eigenvalue weighted by Crippen LogP contribution is -2.56. The normalized spacial score (nSPS) is 26.3. The molecule has 1 aromatic rings. The molecule has 4 unspecified atom stereocenters. The highest BCUT2D eigenvalue weighted by atomic mass is 19.4. The van der Waals surface area contributed by atoms with E-state index in [0.717, 1.165) is 4.90 Å². The summed E-state index contributed by atoms with van der Waals surface area (Å²) in [6.45, 7) is 3.97. The van der Waals surface area contributed by atoms with Crippen LogP contribution in [-0.2, 0) is 20.8 Å². The van der Waals surface area contributed by atoms with Crippen LogP contribution in [0.25, 0.3) is 0 Å². The number of amides is 2. The zero-order valence-electron chi connectivity index (χ0n) is 15.4. The third-order valence-electron chi connectivity index (χ3n) is 5.89. The molecule has 1 heterocycles. The van der Waals surface area contributed by atoms with Gasteiger partial charge in [0.25, 0.3) is 0 Å². The lowest BCUT2D eigenvalue weighted by Gasteiger charge is -2.31. The second kappa shape index (κ2) is 6.79. The average molecular weight is 398 g/mol. The summed E-state index contributed by atoms with van der Waals surface area (Å²) in [4.78, 5) is 37.3. The minimum Gasteiger partial charge on any atom is -0.480 e. The fourth-order valence-corrected chi connectivity index (χ4v) is 4.29. The van der Waals surface area contributed by atoms with E-state index in [0.29, 0.717) is 5.56 Å². The Bertz CT molecular complexity index is 794. The molecule has 6 nitrogen and oxygen atoms in total. The number of nitrogens with one attached hydrogen (secondary N) is 1. The first-order chi connectivity index (χ1) is 12.9. The lowest BCUT2D eigenvalue weighted by molar-refractivity contribution is -0.175. The molecule has 2 N–H and O–H groups in total. The highest BCUT2D eigenvalue weighted by Crippen LogP contribution is 2.64. The minimum atomic E-state index is -5.14. The van der Waals surface area contributed by atoms with Gasteiger partial charge < -0.3 is 15.3 Å². The number of halogens is 3. The Morgan fingerprint density at radius 1 is 1.25 bits per heavy atom. The molecule has 0 aromatic heterocycles. The Labute approximate surface area is 159 Å². The van der Waals surface area contributed by atoms with Crippen molar-refractivity contribution in [1.82, 2.24) is 10.2 Å². The Hall–Kier alpha value is -2.58. The lowest BCUT2D eigenvalue weighted by atomic mass is 9.99. The summed E-state index contributed by atoms with van der Waals surface area (Å²) in [6.07, 6.45) is -5.31. The highest BCUT2D eigenvalue weighted by molar-refractivity contribution is 5.93. The van der Waals surface area contributed by atoms with Crippen molar-refractivity contribution in [2.45, 2.75) is 38.5 Å². The zero-order chi connectivity index (χ0) is 20.9. The van der Waals surface area contributed by atoms with Crippen LogP contribution in [0.15, 0.2) is 30.3 Å². The van der Waals surface area contributed by atoms with Crippen molar-refractivity contribution in [3.05, 3.63) is 35.9 Å². The van der Waals surface area contributed by atoms with Gasteiger partial charge in [-0.25, -0.2) is 4.79 Å². The van der Waals surface area contributed by atoms with Crippen molar-refractivity contribution in [3.8, 4) is 0 Å². The quantitative estimate of drug-likeness (QED) is 0.793. The smallest absolute Gasteiger partial charge is 0.471 e. The first kappa shape index (κ1) is 20.2. The number of aliphatic carboxylic acids is 1. The van der Waals surface area contributed by atoms with Crippen molar-refractivity contribution < 1.29 is 32.7 Å². The predicted molar refractivity (Wildman–Crippen MR) is 92.0 cm³/mol. The van der Waals surface area contributed by atoms with Gasteiger partial charge in [-0.2, -0.15) is 13.2 Å². The standard InChI is InChI=1S/C19H21F3N2O4/c1-18(2)11-9-24(14(13(11)18)16(26)27)15(25)12(23-17(28)19(20,21)22)8-10-6-4-3-5-7-10/h3-7,11-14H,8-9H2,1-2H3,(H,23,28)(H,26,27). The molecule has 28 heavy (non-hydrogen) atoms. The van der Waals surface area contributed by atoms with E-state index >= 15 is 0 Å². The van der Waals surface area contributed by atoms with Crippen LogP contribution in [-0.4, -0.2) is 52.6 Å². The minimum absolute atomic E-state index is 0.0201. The Morgan fingerprint density at radius 3 is 2.39 bits per heavy atom. The van der Waals surface area contributed by atoms with Crippen molar-refractivity contribution in [2.24, 2.45) is 17.3 Å². The number of carbonyl (C=O) groups excluding carboxylic acids is 2. The van der Waals surface area contributed by atoms with Crippen molar-refractivity contribution in [1.29, 1.82) is 0 Å². The fourth-order valence-electron chi connectivity index (χ4n) is 4.29. The van der Waals surface area contributed by atoms with Crippen LogP contribution >= 0.6 is 0 Å². The number of fused-ring (bicyclic) bond motifs is 1. The summed E-state index contributed by atoms with van der Waals surface area (Å²) in [5.41, 5.74) is 0.323. The maximum Gasteiger partial charge on any atom is 0.471 e. The monoisotopic (exact) mass is 398 g/mol. The molecule has 1 saturated carbocycles. The summed E-state index contributed by atoms with van der Waals surface area (Å²) >= 11 is 0. The Balaban J connectivity index is 1.84. The molecule has 1 aromatic carbocycles. The number of alkyl halides is 3. The Kier molecular flexibility index (Phi) is 4.89. The molecular weight excluding hydrogens is 377 g/mol. The number of rotatable bonds is 5. The molecular formula is C19H21F3N2O4. The fraction of sp³-hybridized carbons (Fsp3) is 0.526. The number of likely N-dealkylation sites (tertiary alicyclic amines) is 1. The van der Waals surface area contributed by atoms with Crippen LogP contribution in [0.1, 0.15) is 19.4 Å². The molecule has 9 heteroatoms. The molecule has 2 amide bonds. The molecule has 2 fully saturated rings. The van der Waals surface area contributed by atoms with Gasteiger partial charge >= 0.3 is 18.1 Å². The summed E-state index contributed by atoms with van der Waals surface area (Å²) in [6, 6.07) is 5.68. The van der Waals surface area contributed by atoms with Gasteiger partial charge in [0.2, 0.25) is 5.91 Å². The van der Waals surface area contributed by atoms with Crippen LogP contribution in [0, 0.1) is 17.3 Å². The molecule has 3 rings (SSSR count). The van der Waals surface area contributed by atoms with E-state index in [1.807, 2.05) is 13.8 Å². The van der Waals surface area contributed by atoms with Crippen molar-refractivity contribution in [2.75, 3.05) is 6.54 Å². The molecule has 1 saturated heterocycles. The van der Waals surface area contributed by atoms with Gasteiger partial charge in [0, 0.05) is 18.9 Å². The maximum atomic E-state index is 13.0. The number of hydrogen-bond acceptors (Lipinski definition) is 3. The first-order valence-electron chi connectivity index (χ1n) is 8.89. The number of carboxylic acids is 1. The number of carbonyl (C=O) groups is 3. The van der Waals surface area contributed by atoms with E-state index < -0.39 is 36.0 Å². The van der Waals surface area contributed by atoms with Crippen LogP contribution in [0.4, 0.5) is 13.2 Å². The largest absolute Gasteiger partial charge is 0.480 e. The number of hydrogen-bond donors (Lipinski definition) is 2. The topological polar surface area (TPSA) is 86.7 Å². The van der Waals surface area contributed by atoms with Crippen molar-refractivity contribution >= 4 is 17.8 Å². The molecule has 1 aliphatic carbocycles. The average Bonchev–Trinajstić information content (AvgIpc) is 2.96. The molecule has 0 bridgehead atoms. The van der Waals surface area contributed by atoms with Gasteiger partial charge in [-0.05, 0) is 16.9 Å². The second-order valence-electron chi connectivity index (χ2n) is 7.94. The van der Waals surface area contributed by atoms with E-state index in [4.69, 9.17) is 0 Å². The number of nitrogens with zero attached hydrogens (tertiary/aromatic N) is 1. The Morgan fingerprint density at radius 2 is 1.86 bits per heavy atom. The van der Waals surface area contributed by atoms with E-state index in [1.165, 1.54) is 0 Å². The van der Waals surface area contributed by atoms with Gasteiger partial charge in [-0.1, -0.05) is 44.2 Å². The predicted octanol–water partition coefficient (Wildman–Crippen LogP) is 1.84. The SMILES string of the molecule is CC1(C)C2CN(C(=O)C(Cc3ccccc3)NC(=O)C(F)(F)F)C(C(=O)O)C21. The summed E-state index contributed by atoms with van der Waals surface area (Å²) in [7, 11) is 0. The third-order valence-corrected chi connectivity index (χ3v) is 5.89. The molecule has 152 valence electrons. The second-order valence-corrected chi connectivity index (χ2v) is 7.94. The maximum absolute atomic E-state index is 13.0. The van der Waals surface area contributed by atoms with Crippen molar-refractivity contribution in [3.63, 3.8) is 0 Å². The van der Waals surface area contributed by atoms with E-state index in [1.54, 1.807) is 35.6 Å². The molecule has 0 spiro atoms. The van der Waals surface area contributed by atoms with Crippen LogP contribution in [0.3, 0.4) is 0 Å². The summed E-state index contributed by atoms with van der Waals surface area (Å²) in [5.74, 6) is -4.49. The third kappa shape index (κ3) is 3.57. The highest BCUT2D eigenvalue weighted by Gasteiger charge is 2.69. The zero-order valence-corrected chi connectivity index (χ0v) is 15.4. The van der Waals surface area contributed by atoms with E-state index in [9.17, 15) is 32.7 Å². The van der Waals surface area contributed by atoms with Gasteiger partial charge in [-0.15, -0.1) is 0 Å². The van der Waals surface area contributed by atoms with Crippen LogP contribution < -0.4 is 5.32 Å². The van der Waals surface area contributed by atoms with Crippen LogP contribution in [0.5, 0.6) is 0 Å². The summed E-state index contributed by atoms with van der Waals surface area (Å²) < 4.78 is 38.2. The molecule has 4 atom stereocenters. The molecule has 2 aliphatic rings. The first-order valence-corrected chi connectivity index (χ1v) is 8.89. The van der Waals surface area contributed by atoms with E-state index in [-0.39, 0.29) is 30.2 Å². The number of benzene rings is 1. The van der Waals surface area contributed by atoms with Gasteiger partial charge in [0.15, 0.2) is 0 Å². The molecule has 1 aliphatic heterocycles. The number of carboxylic acid groups (broad SMARTS) is 1.